The summed E-state index contributed by atoms with van der Waals surface area (Å²) >= 11 is 0. The molecule has 5 aliphatic rings. The van der Waals surface area contributed by atoms with Crippen LogP contribution < -0.4 is 5.32 Å². The number of amidine groups is 2. The van der Waals surface area contributed by atoms with Crippen molar-refractivity contribution in [3.8, 4) is 0 Å². The Morgan fingerprint density at radius 1 is 1.32 bits per heavy atom. The fourth-order valence-electron chi connectivity index (χ4n) is 4.43. The number of ether oxygens (including phenoxy) is 1. The van der Waals surface area contributed by atoms with Crippen molar-refractivity contribution in [2.24, 2.45) is 20.9 Å². The molecule has 1 unspecified atom stereocenters. The van der Waals surface area contributed by atoms with Gasteiger partial charge in [-0.05, 0) is 50.0 Å². The van der Waals surface area contributed by atoms with E-state index in [0.29, 0.717) is 24.3 Å². The molecule has 1 aromatic rings. The molecule has 6 heteroatoms. The van der Waals surface area contributed by atoms with Crippen molar-refractivity contribution in [2.75, 3.05) is 31.5 Å². The van der Waals surface area contributed by atoms with Gasteiger partial charge >= 0.3 is 6.02 Å². The summed E-state index contributed by atoms with van der Waals surface area (Å²) in [5.41, 5.74) is 3.31. The second-order valence-corrected chi connectivity index (χ2v) is 7.57. The molecule has 5 aliphatic heterocycles. The molecule has 0 aromatic heterocycles. The summed E-state index contributed by atoms with van der Waals surface area (Å²) in [6.07, 6.45) is 4.21. The minimum absolute atomic E-state index is 0.147. The first-order valence-corrected chi connectivity index (χ1v) is 9.11. The molecule has 25 heavy (non-hydrogen) atoms. The monoisotopic (exact) mass is 337 g/mol. The number of hydrogen-bond acceptors (Lipinski definition) is 5. The average Bonchev–Trinajstić information content (AvgIpc) is 2.88. The molecule has 1 N–H and O–H groups in total. The Kier molecular flexibility index (Phi) is 3.41. The average molecular weight is 337 g/mol. The maximum Gasteiger partial charge on any atom is 0.314 e. The van der Waals surface area contributed by atoms with E-state index >= 15 is 0 Å². The van der Waals surface area contributed by atoms with Gasteiger partial charge in [-0.1, -0.05) is 12.1 Å². The van der Waals surface area contributed by atoms with Crippen molar-refractivity contribution >= 4 is 23.8 Å². The SMILES string of the molecule is Cc1ccc2c(c1)NC(=NC1=NCC3(CN4CCC3CC4)O1)C=NC2. The van der Waals surface area contributed by atoms with Gasteiger partial charge in [0.25, 0.3) is 0 Å². The molecular formula is C19H23N5O. The highest BCUT2D eigenvalue weighted by molar-refractivity contribution is 6.37. The van der Waals surface area contributed by atoms with Crippen molar-refractivity contribution in [3.63, 3.8) is 0 Å². The quantitative estimate of drug-likeness (QED) is 0.790. The van der Waals surface area contributed by atoms with Crippen molar-refractivity contribution in [2.45, 2.75) is 31.9 Å². The summed E-state index contributed by atoms with van der Waals surface area (Å²) in [7, 11) is 0. The molecule has 0 radical (unpaired) electrons. The molecule has 0 saturated carbocycles. The summed E-state index contributed by atoms with van der Waals surface area (Å²) in [6, 6.07) is 6.86. The molecule has 1 spiro atoms. The predicted octanol–water partition coefficient (Wildman–Crippen LogP) is 2.24. The van der Waals surface area contributed by atoms with E-state index in [2.05, 4.69) is 50.3 Å². The van der Waals surface area contributed by atoms with Crippen LogP contribution in [0.2, 0.25) is 0 Å². The van der Waals surface area contributed by atoms with Crippen LogP contribution in [0.15, 0.2) is 33.2 Å². The fraction of sp³-hybridized carbons (Fsp3) is 0.526. The van der Waals surface area contributed by atoms with Crippen LogP contribution in [0, 0.1) is 12.8 Å². The van der Waals surface area contributed by atoms with E-state index in [1.165, 1.54) is 37.1 Å². The van der Waals surface area contributed by atoms with E-state index in [1.807, 2.05) is 0 Å². The summed E-state index contributed by atoms with van der Waals surface area (Å²) in [5.74, 6) is 1.31. The predicted molar refractivity (Wildman–Crippen MR) is 99.7 cm³/mol. The second kappa shape index (κ2) is 5.66. The van der Waals surface area contributed by atoms with Crippen molar-refractivity contribution in [1.29, 1.82) is 0 Å². The highest BCUT2D eigenvalue weighted by Gasteiger charge is 2.51. The summed E-state index contributed by atoms with van der Waals surface area (Å²) in [4.78, 5) is 16.2. The van der Waals surface area contributed by atoms with Gasteiger partial charge in [-0.3, -0.25) is 9.89 Å². The zero-order valence-electron chi connectivity index (χ0n) is 14.5. The third-order valence-electron chi connectivity index (χ3n) is 5.82. The normalized spacial score (nSPS) is 34.4. The third kappa shape index (κ3) is 2.65. The number of nitrogens with one attached hydrogen (secondary N) is 1. The number of nitrogens with zero attached hydrogens (tertiary/aromatic N) is 4. The molecule has 2 bridgehead atoms. The lowest BCUT2D eigenvalue weighted by Gasteiger charge is -2.49. The number of fused-ring (bicyclic) bond motifs is 3. The zero-order valence-corrected chi connectivity index (χ0v) is 14.5. The minimum atomic E-state index is -0.147. The van der Waals surface area contributed by atoms with E-state index in [4.69, 9.17) is 4.74 Å². The molecule has 130 valence electrons. The molecule has 1 aromatic carbocycles. The molecule has 6 rings (SSSR count). The fourth-order valence-corrected chi connectivity index (χ4v) is 4.43. The van der Waals surface area contributed by atoms with Crippen LogP contribution in [0.3, 0.4) is 0 Å². The Labute approximate surface area is 147 Å². The summed E-state index contributed by atoms with van der Waals surface area (Å²) < 4.78 is 6.30. The van der Waals surface area contributed by atoms with Gasteiger partial charge in [0.2, 0.25) is 0 Å². The minimum Gasteiger partial charge on any atom is -0.453 e. The van der Waals surface area contributed by atoms with Gasteiger partial charge in [0, 0.05) is 18.2 Å². The van der Waals surface area contributed by atoms with Crippen LogP contribution in [0.5, 0.6) is 0 Å². The van der Waals surface area contributed by atoms with E-state index in [0.717, 1.165) is 18.8 Å². The van der Waals surface area contributed by atoms with Crippen LogP contribution in [-0.4, -0.2) is 54.8 Å². The molecule has 1 atom stereocenters. The number of aryl methyl sites for hydroxylation is 1. The second-order valence-electron chi connectivity index (χ2n) is 7.57. The number of piperidine rings is 3. The first-order chi connectivity index (χ1) is 12.2. The van der Waals surface area contributed by atoms with E-state index in [-0.39, 0.29) is 5.60 Å². The number of benzene rings is 1. The molecule has 0 aliphatic carbocycles. The van der Waals surface area contributed by atoms with E-state index < -0.39 is 0 Å². The third-order valence-corrected chi connectivity index (χ3v) is 5.82. The Morgan fingerprint density at radius 2 is 2.20 bits per heavy atom. The number of aliphatic imine (C=N–C) groups is 3. The molecule has 3 saturated heterocycles. The van der Waals surface area contributed by atoms with Gasteiger partial charge < -0.3 is 10.1 Å². The Bertz CT molecular complexity index is 791. The van der Waals surface area contributed by atoms with Crippen LogP contribution in [-0.2, 0) is 11.3 Å². The highest BCUT2D eigenvalue weighted by Crippen LogP contribution is 2.41. The molecular weight excluding hydrogens is 314 g/mol. The Morgan fingerprint density at radius 3 is 3.00 bits per heavy atom. The number of hydrogen-bond donors (Lipinski definition) is 1. The molecule has 3 fully saturated rings. The van der Waals surface area contributed by atoms with Crippen LogP contribution >= 0.6 is 0 Å². The van der Waals surface area contributed by atoms with Crippen LogP contribution in [0.25, 0.3) is 0 Å². The van der Waals surface area contributed by atoms with Crippen molar-refractivity contribution in [1.82, 2.24) is 4.90 Å². The smallest absolute Gasteiger partial charge is 0.314 e. The summed E-state index contributed by atoms with van der Waals surface area (Å²) in [5, 5.41) is 3.38. The Balaban J connectivity index is 1.36. The number of anilines is 1. The first-order valence-electron chi connectivity index (χ1n) is 9.11. The van der Waals surface area contributed by atoms with Gasteiger partial charge in [0.15, 0.2) is 5.84 Å². The van der Waals surface area contributed by atoms with Gasteiger partial charge in [0.05, 0.1) is 19.3 Å². The largest absolute Gasteiger partial charge is 0.453 e. The van der Waals surface area contributed by atoms with Crippen molar-refractivity contribution in [3.05, 3.63) is 29.3 Å². The van der Waals surface area contributed by atoms with Gasteiger partial charge in [-0.2, -0.15) is 4.99 Å². The van der Waals surface area contributed by atoms with Gasteiger partial charge in [0.1, 0.15) is 5.60 Å². The van der Waals surface area contributed by atoms with E-state index in [9.17, 15) is 0 Å². The lowest BCUT2D eigenvalue weighted by atomic mass is 9.75. The van der Waals surface area contributed by atoms with Crippen molar-refractivity contribution < 1.29 is 4.74 Å². The Hall–Kier alpha value is -2.21. The first kappa shape index (κ1) is 15.1. The van der Waals surface area contributed by atoms with Crippen LogP contribution in [0.4, 0.5) is 5.69 Å². The standard InChI is InChI=1S/C19H23N5O/c1-13-2-3-14-9-20-10-17(22-16(14)8-13)23-18-21-11-19(25-18)12-24-6-4-15(19)5-7-24/h2-3,8,10,15H,4-7,9,11-12H2,1H3,(H,21,22,23). The molecule has 5 heterocycles. The zero-order chi connectivity index (χ0) is 16.9. The van der Waals surface area contributed by atoms with Gasteiger partial charge in [-0.25, -0.2) is 4.99 Å². The lowest BCUT2D eigenvalue weighted by Crippen LogP contribution is -2.60. The lowest BCUT2D eigenvalue weighted by molar-refractivity contribution is -0.0834. The maximum atomic E-state index is 6.30. The highest BCUT2D eigenvalue weighted by atomic mass is 16.5. The van der Waals surface area contributed by atoms with E-state index in [1.54, 1.807) is 6.21 Å². The van der Waals surface area contributed by atoms with Crippen LogP contribution in [0.1, 0.15) is 24.0 Å². The maximum absolute atomic E-state index is 6.30. The topological polar surface area (TPSA) is 61.6 Å². The molecule has 0 amide bonds. The summed E-state index contributed by atoms with van der Waals surface area (Å²) in [6.45, 7) is 6.86. The van der Waals surface area contributed by atoms with Gasteiger partial charge in [-0.15, -0.1) is 0 Å². The molecule has 6 nitrogen and oxygen atoms in total. The number of rotatable bonds is 0.